The molecule has 126 valence electrons. The van der Waals surface area contributed by atoms with Crippen LogP contribution in [0.25, 0.3) is 0 Å². The van der Waals surface area contributed by atoms with Gasteiger partial charge in [0.25, 0.3) is 5.91 Å². The zero-order valence-electron chi connectivity index (χ0n) is 12.6. The average Bonchev–Trinajstić information content (AvgIpc) is 2.58. The lowest BCUT2D eigenvalue weighted by atomic mass is 10.1. The number of benzene rings is 1. The van der Waals surface area contributed by atoms with Gasteiger partial charge in [-0.15, -0.1) is 0 Å². The number of nitrogens with zero attached hydrogens (tertiary/aromatic N) is 1. The highest BCUT2D eigenvalue weighted by molar-refractivity contribution is 6.48. The van der Waals surface area contributed by atoms with E-state index >= 15 is 0 Å². The van der Waals surface area contributed by atoms with Crippen LogP contribution in [0.5, 0.6) is 0 Å². The van der Waals surface area contributed by atoms with Crippen LogP contribution in [0.1, 0.15) is 23.0 Å². The first kappa shape index (κ1) is 18.5. The number of pyridine rings is 1. The number of esters is 1. The van der Waals surface area contributed by atoms with Gasteiger partial charge in [0.05, 0.1) is 15.1 Å². The van der Waals surface area contributed by atoms with E-state index in [4.69, 9.17) is 39.5 Å². The summed E-state index contributed by atoms with van der Waals surface area (Å²) >= 11 is 17.5. The normalized spacial score (nSPS) is 10.3. The molecule has 0 fully saturated rings. The van der Waals surface area contributed by atoms with Crippen molar-refractivity contribution in [2.45, 2.75) is 13.3 Å². The zero-order valence-corrected chi connectivity index (χ0v) is 14.9. The predicted molar refractivity (Wildman–Crippen MR) is 94.0 cm³/mol. The third-order valence-electron chi connectivity index (χ3n) is 3.06. The predicted octanol–water partition coefficient (Wildman–Crippen LogP) is 4.40. The molecule has 1 aromatic heterocycles. The molecule has 1 aromatic carbocycles. The standard InChI is InChI=1S/C16H13Cl3N2O3/c1-2-9-4-3-5-10(6-9)21-12(22)8-24-16(23)15-14(19)13(18)11(17)7-20-15/h3-7H,2,8H2,1H3,(H,21,22). The van der Waals surface area contributed by atoms with E-state index in [0.717, 1.165) is 12.0 Å². The topological polar surface area (TPSA) is 68.3 Å². The molecule has 0 spiro atoms. The molecular weight excluding hydrogens is 375 g/mol. The van der Waals surface area contributed by atoms with Gasteiger partial charge in [-0.3, -0.25) is 4.79 Å². The van der Waals surface area contributed by atoms with E-state index in [0.29, 0.717) is 5.69 Å². The zero-order chi connectivity index (χ0) is 17.7. The first-order chi connectivity index (χ1) is 11.4. The second kappa shape index (κ2) is 8.33. The van der Waals surface area contributed by atoms with Crippen molar-refractivity contribution in [3.63, 3.8) is 0 Å². The quantitative estimate of drug-likeness (QED) is 0.772. The molecule has 24 heavy (non-hydrogen) atoms. The Morgan fingerprint density at radius 2 is 1.96 bits per heavy atom. The van der Waals surface area contributed by atoms with E-state index in [1.165, 1.54) is 6.20 Å². The summed E-state index contributed by atoms with van der Waals surface area (Å²) in [5.74, 6) is -1.34. The molecule has 0 radical (unpaired) electrons. The van der Waals surface area contributed by atoms with Crippen LogP contribution in [0.3, 0.4) is 0 Å². The SMILES string of the molecule is CCc1cccc(NC(=O)COC(=O)c2ncc(Cl)c(Cl)c2Cl)c1. The number of hydrogen-bond donors (Lipinski definition) is 1. The van der Waals surface area contributed by atoms with Crippen LogP contribution < -0.4 is 5.32 Å². The van der Waals surface area contributed by atoms with E-state index in [9.17, 15) is 9.59 Å². The molecule has 2 rings (SSSR count). The van der Waals surface area contributed by atoms with Crippen molar-refractivity contribution >= 4 is 52.4 Å². The third-order valence-corrected chi connectivity index (χ3v) is 4.30. The number of aryl methyl sites for hydroxylation is 1. The molecule has 0 unspecified atom stereocenters. The lowest BCUT2D eigenvalue weighted by molar-refractivity contribution is -0.119. The van der Waals surface area contributed by atoms with Crippen LogP contribution in [0.2, 0.25) is 15.1 Å². The second-order valence-corrected chi connectivity index (χ2v) is 5.92. The fourth-order valence-corrected chi connectivity index (χ4v) is 2.41. The van der Waals surface area contributed by atoms with Crippen LogP contribution in [0, 0.1) is 0 Å². The monoisotopic (exact) mass is 386 g/mol. The van der Waals surface area contributed by atoms with Crippen molar-refractivity contribution in [1.29, 1.82) is 0 Å². The summed E-state index contributed by atoms with van der Waals surface area (Å²) in [7, 11) is 0. The summed E-state index contributed by atoms with van der Waals surface area (Å²) in [5, 5.41) is 2.64. The number of nitrogens with one attached hydrogen (secondary N) is 1. The Bertz CT molecular complexity index is 781. The summed E-state index contributed by atoms with van der Waals surface area (Å²) in [5.41, 5.74) is 1.50. The first-order valence-electron chi connectivity index (χ1n) is 6.97. The molecular formula is C16H13Cl3N2O3. The van der Waals surface area contributed by atoms with Gasteiger partial charge in [0.2, 0.25) is 0 Å². The van der Waals surface area contributed by atoms with Crippen LogP contribution in [0.4, 0.5) is 5.69 Å². The molecule has 0 aliphatic rings. The minimum atomic E-state index is -0.865. The van der Waals surface area contributed by atoms with E-state index in [-0.39, 0.29) is 20.8 Å². The first-order valence-corrected chi connectivity index (χ1v) is 8.11. The van der Waals surface area contributed by atoms with Crippen LogP contribution >= 0.6 is 34.8 Å². The minimum absolute atomic E-state index is 0.00103. The highest BCUT2D eigenvalue weighted by atomic mass is 35.5. The van der Waals surface area contributed by atoms with Crippen LogP contribution in [-0.2, 0) is 16.0 Å². The molecule has 1 amide bonds. The number of halogens is 3. The summed E-state index contributed by atoms with van der Waals surface area (Å²) in [4.78, 5) is 27.6. The number of rotatable bonds is 5. The summed E-state index contributed by atoms with van der Waals surface area (Å²) in [6.45, 7) is 1.53. The molecule has 2 aromatic rings. The van der Waals surface area contributed by atoms with Gasteiger partial charge in [-0.25, -0.2) is 9.78 Å². The van der Waals surface area contributed by atoms with Gasteiger partial charge >= 0.3 is 5.97 Å². The fourth-order valence-electron chi connectivity index (χ4n) is 1.85. The van der Waals surface area contributed by atoms with Crippen molar-refractivity contribution in [3.8, 4) is 0 Å². The number of anilines is 1. The summed E-state index contributed by atoms with van der Waals surface area (Å²) < 4.78 is 4.89. The Labute approximate surface area is 153 Å². The maximum absolute atomic E-state index is 11.9. The molecule has 0 atom stereocenters. The maximum atomic E-state index is 11.9. The number of hydrogen-bond acceptors (Lipinski definition) is 4. The van der Waals surface area contributed by atoms with Gasteiger partial charge < -0.3 is 10.1 Å². The van der Waals surface area contributed by atoms with E-state index in [1.807, 2.05) is 25.1 Å². The molecule has 8 heteroatoms. The smallest absolute Gasteiger partial charge is 0.359 e. The van der Waals surface area contributed by atoms with Gasteiger partial charge in [0, 0.05) is 11.9 Å². The Morgan fingerprint density at radius 3 is 2.67 bits per heavy atom. The van der Waals surface area contributed by atoms with Gasteiger partial charge in [-0.05, 0) is 24.1 Å². The third kappa shape index (κ3) is 4.60. The van der Waals surface area contributed by atoms with Gasteiger partial charge in [0.1, 0.15) is 0 Å². The number of amides is 1. The number of carbonyl (C=O) groups excluding carboxylic acids is 2. The minimum Gasteiger partial charge on any atom is -0.451 e. The fraction of sp³-hybridized carbons (Fsp3) is 0.188. The van der Waals surface area contributed by atoms with E-state index < -0.39 is 18.5 Å². The second-order valence-electron chi connectivity index (χ2n) is 4.76. The molecule has 0 saturated heterocycles. The van der Waals surface area contributed by atoms with Crippen molar-refractivity contribution in [3.05, 3.63) is 56.8 Å². The Kier molecular flexibility index (Phi) is 6.43. The van der Waals surface area contributed by atoms with E-state index in [2.05, 4.69) is 10.3 Å². The van der Waals surface area contributed by atoms with Gasteiger partial charge in [-0.1, -0.05) is 53.9 Å². The molecule has 1 heterocycles. The lowest BCUT2D eigenvalue weighted by Gasteiger charge is -2.08. The number of aromatic nitrogens is 1. The molecule has 0 aliphatic carbocycles. The summed E-state index contributed by atoms with van der Waals surface area (Å²) in [6.07, 6.45) is 2.03. The maximum Gasteiger partial charge on any atom is 0.359 e. The average molecular weight is 388 g/mol. The largest absolute Gasteiger partial charge is 0.451 e. The lowest BCUT2D eigenvalue weighted by Crippen LogP contribution is -2.21. The van der Waals surface area contributed by atoms with Crippen LogP contribution in [0.15, 0.2) is 30.5 Å². The highest BCUT2D eigenvalue weighted by Crippen LogP contribution is 2.31. The highest BCUT2D eigenvalue weighted by Gasteiger charge is 2.19. The summed E-state index contributed by atoms with van der Waals surface area (Å²) in [6, 6.07) is 7.38. The van der Waals surface area contributed by atoms with Crippen LogP contribution in [-0.4, -0.2) is 23.5 Å². The molecule has 0 aliphatic heterocycles. The van der Waals surface area contributed by atoms with Crippen molar-refractivity contribution in [1.82, 2.24) is 4.98 Å². The number of carbonyl (C=O) groups is 2. The number of ether oxygens (including phenoxy) is 1. The van der Waals surface area contributed by atoms with Gasteiger partial charge in [0.15, 0.2) is 12.3 Å². The molecule has 0 saturated carbocycles. The van der Waals surface area contributed by atoms with Gasteiger partial charge in [-0.2, -0.15) is 0 Å². The molecule has 0 bridgehead atoms. The van der Waals surface area contributed by atoms with Crippen molar-refractivity contribution in [2.24, 2.45) is 0 Å². The molecule has 5 nitrogen and oxygen atoms in total. The molecule has 1 N–H and O–H groups in total. The van der Waals surface area contributed by atoms with Crippen molar-refractivity contribution in [2.75, 3.05) is 11.9 Å². The van der Waals surface area contributed by atoms with Crippen molar-refractivity contribution < 1.29 is 14.3 Å². The Balaban J connectivity index is 1.96. The Morgan fingerprint density at radius 1 is 1.21 bits per heavy atom. The Hall–Kier alpha value is -1.82. The van der Waals surface area contributed by atoms with E-state index in [1.54, 1.807) is 6.07 Å².